The van der Waals surface area contributed by atoms with Crippen LogP contribution in [0.15, 0.2) is 29.4 Å². The molecule has 4 rings (SSSR count). The Morgan fingerprint density at radius 1 is 1.12 bits per heavy atom. The Morgan fingerprint density at radius 2 is 1.85 bits per heavy atom. The number of hydrogen-bond acceptors (Lipinski definition) is 6. The summed E-state index contributed by atoms with van der Waals surface area (Å²) in [7, 11) is 0. The summed E-state index contributed by atoms with van der Waals surface area (Å²) in [5.74, 6) is -2.69. The third-order valence-corrected chi connectivity index (χ3v) is 6.60. The van der Waals surface area contributed by atoms with Gasteiger partial charge in [-0.25, -0.2) is 10.2 Å². The van der Waals surface area contributed by atoms with E-state index in [1.807, 2.05) is 0 Å². The highest BCUT2D eigenvalue weighted by atomic mass is 16.2. The highest BCUT2D eigenvalue weighted by Crippen LogP contribution is 2.47. The normalized spacial score (nSPS) is 26.8. The molecule has 4 atom stereocenters. The highest BCUT2D eigenvalue weighted by molar-refractivity contribution is 6.23. The maximum atomic E-state index is 12.9. The number of nitrogens with zero attached hydrogens (tertiary/aromatic N) is 2. The molecular weight excluding hydrogens is 426 g/mol. The van der Waals surface area contributed by atoms with Crippen LogP contribution in [-0.2, 0) is 14.4 Å². The molecule has 3 N–H and O–H groups in total. The average Bonchev–Trinajstić information content (AvgIpc) is 3.40. The SMILES string of the molecule is CC(C)C(=O)Nc1ccc(C(=O)N/N=C\[C@H]2C(=O)NC(=O)N([C@H]3C[C@H]4CC[C@H]3C4)C2=O)cc1. The molecule has 2 bridgehead atoms. The van der Waals surface area contributed by atoms with Gasteiger partial charge >= 0.3 is 6.03 Å². The van der Waals surface area contributed by atoms with Crippen molar-refractivity contribution in [1.82, 2.24) is 15.6 Å². The predicted octanol–water partition coefficient (Wildman–Crippen LogP) is 1.88. The Balaban J connectivity index is 1.37. The van der Waals surface area contributed by atoms with Gasteiger partial charge in [0.1, 0.15) is 0 Å². The molecule has 1 aliphatic heterocycles. The number of nitrogens with one attached hydrogen (secondary N) is 3. The van der Waals surface area contributed by atoms with Crippen molar-refractivity contribution in [1.29, 1.82) is 0 Å². The first-order valence-corrected chi connectivity index (χ1v) is 11.2. The quantitative estimate of drug-likeness (QED) is 0.343. The van der Waals surface area contributed by atoms with Crippen LogP contribution < -0.4 is 16.1 Å². The number of imide groups is 2. The van der Waals surface area contributed by atoms with E-state index >= 15 is 0 Å². The molecule has 1 aromatic carbocycles. The summed E-state index contributed by atoms with van der Waals surface area (Å²) in [6, 6.07) is 5.36. The molecule has 1 saturated heterocycles. The lowest BCUT2D eigenvalue weighted by Crippen LogP contribution is -2.62. The predicted molar refractivity (Wildman–Crippen MR) is 119 cm³/mol. The van der Waals surface area contributed by atoms with E-state index < -0.39 is 29.7 Å². The van der Waals surface area contributed by atoms with Crippen molar-refractivity contribution < 1.29 is 24.0 Å². The molecule has 0 radical (unpaired) electrons. The molecule has 6 amide bonds. The second kappa shape index (κ2) is 9.13. The van der Waals surface area contributed by atoms with Crippen LogP contribution in [0, 0.1) is 23.7 Å². The summed E-state index contributed by atoms with van der Waals surface area (Å²) in [6.07, 6.45) is 4.93. The number of amides is 6. The number of urea groups is 1. The number of carbonyl (C=O) groups is 5. The van der Waals surface area contributed by atoms with Gasteiger partial charge in [0.15, 0.2) is 5.92 Å². The molecule has 174 valence electrons. The van der Waals surface area contributed by atoms with E-state index in [0.29, 0.717) is 11.6 Å². The smallest absolute Gasteiger partial charge is 0.326 e. The maximum Gasteiger partial charge on any atom is 0.331 e. The molecule has 10 heteroatoms. The van der Waals surface area contributed by atoms with Crippen molar-refractivity contribution in [2.45, 2.75) is 45.6 Å². The Labute approximate surface area is 191 Å². The van der Waals surface area contributed by atoms with Gasteiger partial charge in [0.2, 0.25) is 17.7 Å². The van der Waals surface area contributed by atoms with Gasteiger partial charge in [0.25, 0.3) is 5.91 Å². The second-order valence-corrected chi connectivity index (χ2v) is 9.16. The molecule has 1 heterocycles. The van der Waals surface area contributed by atoms with Crippen molar-refractivity contribution in [3.8, 4) is 0 Å². The van der Waals surface area contributed by atoms with Crippen LogP contribution in [0.3, 0.4) is 0 Å². The lowest BCUT2D eigenvalue weighted by atomic mass is 9.92. The van der Waals surface area contributed by atoms with Gasteiger partial charge in [0, 0.05) is 29.4 Å². The van der Waals surface area contributed by atoms with E-state index in [-0.39, 0.29) is 29.3 Å². The van der Waals surface area contributed by atoms with Crippen LogP contribution in [0.25, 0.3) is 0 Å². The Bertz CT molecular complexity index is 1020. The number of barbiturate groups is 1. The second-order valence-electron chi connectivity index (χ2n) is 9.16. The molecular formula is C23H27N5O5. The van der Waals surface area contributed by atoms with Gasteiger partial charge in [-0.1, -0.05) is 20.3 Å². The summed E-state index contributed by atoms with van der Waals surface area (Å²) in [5, 5.41) is 8.75. The number of hydrogen-bond donors (Lipinski definition) is 3. The number of benzene rings is 1. The molecule has 2 saturated carbocycles. The molecule has 3 fully saturated rings. The van der Waals surface area contributed by atoms with E-state index in [9.17, 15) is 24.0 Å². The van der Waals surface area contributed by atoms with E-state index in [1.54, 1.807) is 26.0 Å². The monoisotopic (exact) mass is 453 g/mol. The van der Waals surface area contributed by atoms with Crippen LogP contribution in [-0.4, -0.2) is 46.8 Å². The largest absolute Gasteiger partial charge is 0.331 e. The summed E-state index contributed by atoms with van der Waals surface area (Å²) in [5.41, 5.74) is 3.14. The molecule has 0 spiro atoms. The van der Waals surface area contributed by atoms with E-state index in [1.165, 1.54) is 17.0 Å². The molecule has 0 aromatic heterocycles. The van der Waals surface area contributed by atoms with Gasteiger partial charge in [-0.05, 0) is 55.4 Å². The number of anilines is 1. The van der Waals surface area contributed by atoms with Gasteiger partial charge in [0.05, 0.1) is 0 Å². The van der Waals surface area contributed by atoms with E-state index in [2.05, 4.69) is 21.2 Å². The average molecular weight is 453 g/mol. The summed E-state index contributed by atoms with van der Waals surface area (Å²) < 4.78 is 0. The lowest BCUT2D eigenvalue weighted by molar-refractivity contribution is -0.141. The fourth-order valence-corrected chi connectivity index (χ4v) is 4.80. The third-order valence-electron chi connectivity index (χ3n) is 6.60. The number of carbonyl (C=O) groups excluding carboxylic acids is 5. The number of fused-ring (bicyclic) bond motifs is 2. The minimum Gasteiger partial charge on any atom is -0.326 e. The van der Waals surface area contributed by atoms with Crippen molar-refractivity contribution >= 4 is 41.6 Å². The van der Waals surface area contributed by atoms with Gasteiger partial charge in [-0.2, -0.15) is 5.10 Å². The van der Waals surface area contributed by atoms with Crippen molar-refractivity contribution in [3.63, 3.8) is 0 Å². The van der Waals surface area contributed by atoms with Crippen LogP contribution in [0.1, 0.15) is 49.9 Å². The lowest BCUT2D eigenvalue weighted by Gasteiger charge is -2.36. The first-order chi connectivity index (χ1) is 15.7. The Kier molecular flexibility index (Phi) is 6.26. The van der Waals surface area contributed by atoms with Crippen molar-refractivity contribution in [2.24, 2.45) is 28.8 Å². The van der Waals surface area contributed by atoms with Crippen LogP contribution in [0.2, 0.25) is 0 Å². The van der Waals surface area contributed by atoms with Crippen LogP contribution in [0.5, 0.6) is 0 Å². The van der Waals surface area contributed by atoms with Crippen LogP contribution in [0.4, 0.5) is 10.5 Å². The highest BCUT2D eigenvalue weighted by Gasteiger charge is 2.50. The molecule has 10 nitrogen and oxygen atoms in total. The van der Waals surface area contributed by atoms with Crippen LogP contribution >= 0.6 is 0 Å². The van der Waals surface area contributed by atoms with Gasteiger partial charge in [-0.3, -0.25) is 29.4 Å². The van der Waals surface area contributed by atoms with Crippen molar-refractivity contribution in [2.75, 3.05) is 5.32 Å². The van der Waals surface area contributed by atoms with E-state index in [0.717, 1.165) is 31.9 Å². The molecule has 3 aliphatic rings. The zero-order valence-electron chi connectivity index (χ0n) is 18.5. The zero-order chi connectivity index (χ0) is 23.7. The van der Waals surface area contributed by atoms with Gasteiger partial charge in [-0.15, -0.1) is 0 Å². The molecule has 2 aliphatic carbocycles. The Morgan fingerprint density at radius 3 is 2.45 bits per heavy atom. The van der Waals surface area contributed by atoms with E-state index in [4.69, 9.17) is 0 Å². The number of hydrazone groups is 1. The first kappa shape index (κ1) is 22.6. The summed E-state index contributed by atoms with van der Waals surface area (Å²) in [4.78, 5) is 62.8. The first-order valence-electron chi connectivity index (χ1n) is 11.2. The maximum absolute atomic E-state index is 12.9. The molecule has 1 aromatic rings. The molecule has 33 heavy (non-hydrogen) atoms. The third kappa shape index (κ3) is 4.64. The zero-order valence-corrected chi connectivity index (χ0v) is 18.5. The fourth-order valence-electron chi connectivity index (χ4n) is 4.80. The molecule has 0 unspecified atom stereocenters. The fraction of sp³-hybridized carbons (Fsp3) is 0.478. The van der Waals surface area contributed by atoms with Gasteiger partial charge < -0.3 is 5.32 Å². The standard InChI is InChI=1S/C23H27N5O5/c1-12(2)19(29)25-16-7-5-14(6-8-16)20(30)27-24-11-17-21(31)26-23(33)28(22(17)32)18-10-13-3-4-15(18)9-13/h5-8,11-13,15,17-18H,3-4,9-10H2,1-2H3,(H,25,29)(H,27,30)(H,26,31,33)/b24-11-/t13-,15-,17-,18-/m0/s1. The summed E-state index contributed by atoms with van der Waals surface area (Å²) in [6.45, 7) is 3.55. The summed E-state index contributed by atoms with van der Waals surface area (Å²) >= 11 is 0. The topological polar surface area (TPSA) is 137 Å². The minimum absolute atomic E-state index is 0.134. The minimum atomic E-state index is -1.28. The number of rotatable bonds is 6. The van der Waals surface area contributed by atoms with Crippen molar-refractivity contribution in [3.05, 3.63) is 29.8 Å². The Hall–Kier alpha value is -3.56.